The maximum Gasteiger partial charge on any atom is 0.171 e. The van der Waals surface area contributed by atoms with Crippen molar-refractivity contribution in [2.45, 2.75) is 19.8 Å². The number of rotatable bonds is 8. The fourth-order valence-corrected chi connectivity index (χ4v) is 2.71. The Balaban J connectivity index is 2.78. The van der Waals surface area contributed by atoms with Crippen LogP contribution in [0.2, 0.25) is 0 Å². The molecule has 1 aromatic carbocycles. The van der Waals surface area contributed by atoms with E-state index in [9.17, 15) is 13.2 Å². The number of para-hydroxylation sites is 1. The lowest BCUT2D eigenvalue weighted by atomic mass is 10.1. The van der Waals surface area contributed by atoms with Crippen molar-refractivity contribution in [1.82, 2.24) is 0 Å². The van der Waals surface area contributed by atoms with Crippen LogP contribution in [0.4, 0.5) is 0 Å². The lowest BCUT2D eigenvalue weighted by molar-refractivity contribution is 0.0978. The summed E-state index contributed by atoms with van der Waals surface area (Å²) in [6.07, 6.45) is 0.484. The van der Waals surface area contributed by atoms with Gasteiger partial charge >= 0.3 is 0 Å². The number of Topliss-reactive ketones (excluding diaryl/α,β-unsaturated/α-hetero) is 1. The molecule has 0 saturated carbocycles. The second-order valence-corrected chi connectivity index (χ2v) is 6.78. The number of hydrogen-bond acceptors (Lipinski definition) is 5. The van der Waals surface area contributed by atoms with Crippen LogP contribution in [0.1, 0.15) is 30.1 Å². The van der Waals surface area contributed by atoms with Gasteiger partial charge in [0.25, 0.3) is 0 Å². The fraction of sp³-hybridized carbons (Fsp3) is 0.500. The van der Waals surface area contributed by atoms with Gasteiger partial charge in [-0.15, -0.1) is 0 Å². The van der Waals surface area contributed by atoms with Gasteiger partial charge in [0.2, 0.25) is 0 Å². The average Bonchev–Trinajstić information content (AvgIpc) is 2.45. The molecule has 0 aliphatic rings. The summed E-state index contributed by atoms with van der Waals surface area (Å²) in [7, 11) is -0.0657. The first kappa shape index (κ1) is 16.5. The molecule has 6 heteroatoms. The third kappa shape index (κ3) is 4.23. The summed E-state index contributed by atoms with van der Waals surface area (Å²) in [5.41, 5.74) is 0.417. The lowest BCUT2D eigenvalue weighted by Crippen LogP contribution is -2.11. The minimum atomic E-state index is -3.03. The van der Waals surface area contributed by atoms with Gasteiger partial charge in [0, 0.05) is 12.2 Å². The van der Waals surface area contributed by atoms with E-state index in [1.54, 1.807) is 25.1 Å². The second-order valence-electron chi connectivity index (χ2n) is 4.30. The molecule has 0 unspecified atom stereocenters. The zero-order valence-electron chi connectivity index (χ0n) is 12.0. The van der Waals surface area contributed by atoms with E-state index in [-0.39, 0.29) is 23.7 Å². The molecular weight excluding hydrogens is 280 g/mol. The zero-order chi connectivity index (χ0) is 15.2. The molecule has 0 heterocycles. The number of benzene rings is 1. The van der Waals surface area contributed by atoms with Gasteiger partial charge in [-0.05, 0) is 18.6 Å². The predicted octanol–water partition coefficient (Wildman–Crippen LogP) is 2.10. The Bertz CT molecular complexity index is 563. The van der Waals surface area contributed by atoms with Gasteiger partial charge in [-0.2, -0.15) is 0 Å². The van der Waals surface area contributed by atoms with Gasteiger partial charge in [-0.1, -0.05) is 13.0 Å². The number of methoxy groups -OCH3 is 2. The summed E-state index contributed by atoms with van der Waals surface area (Å²) in [5, 5.41) is 0. The minimum absolute atomic E-state index is 0.0293. The van der Waals surface area contributed by atoms with Crippen molar-refractivity contribution >= 4 is 15.6 Å². The van der Waals surface area contributed by atoms with Crippen LogP contribution in [0.3, 0.4) is 0 Å². The number of ether oxygens (including phenoxy) is 2. The Kier molecular flexibility index (Phi) is 6.01. The fourth-order valence-electron chi connectivity index (χ4n) is 1.84. The normalized spacial score (nSPS) is 11.2. The van der Waals surface area contributed by atoms with Crippen molar-refractivity contribution in [2.24, 2.45) is 0 Å². The van der Waals surface area contributed by atoms with Gasteiger partial charge in [-0.3, -0.25) is 4.79 Å². The Morgan fingerprint density at radius 3 is 2.45 bits per heavy atom. The van der Waals surface area contributed by atoms with E-state index in [0.29, 0.717) is 23.5 Å². The largest absolute Gasteiger partial charge is 0.493 e. The first-order valence-electron chi connectivity index (χ1n) is 6.39. The van der Waals surface area contributed by atoms with E-state index in [1.165, 1.54) is 14.2 Å². The molecule has 0 aromatic heterocycles. The molecule has 112 valence electrons. The van der Waals surface area contributed by atoms with Crippen LogP contribution in [-0.2, 0) is 9.84 Å². The lowest BCUT2D eigenvalue weighted by Gasteiger charge is -2.11. The van der Waals surface area contributed by atoms with Crippen molar-refractivity contribution in [3.8, 4) is 11.5 Å². The molecule has 0 fully saturated rings. The molecule has 0 spiro atoms. The summed E-state index contributed by atoms with van der Waals surface area (Å²) in [6.45, 7) is 1.60. The molecule has 0 atom stereocenters. The molecule has 0 radical (unpaired) electrons. The van der Waals surface area contributed by atoms with E-state index in [0.717, 1.165) is 0 Å². The smallest absolute Gasteiger partial charge is 0.171 e. The number of sulfone groups is 1. The van der Waals surface area contributed by atoms with Crippen molar-refractivity contribution < 1.29 is 22.7 Å². The molecule has 0 N–H and O–H groups in total. The third-order valence-corrected chi connectivity index (χ3v) is 4.79. The summed E-state index contributed by atoms with van der Waals surface area (Å²) >= 11 is 0. The quantitative estimate of drug-likeness (QED) is 0.688. The van der Waals surface area contributed by atoms with E-state index in [2.05, 4.69) is 0 Å². The van der Waals surface area contributed by atoms with E-state index in [1.807, 2.05) is 0 Å². The molecule has 0 aliphatic carbocycles. The maximum atomic E-state index is 12.1. The van der Waals surface area contributed by atoms with E-state index in [4.69, 9.17) is 9.47 Å². The molecule has 20 heavy (non-hydrogen) atoms. The standard InChI is InChI=1S/C14H20O5S/c1-4-20(16,17)10-6-8-12(15)11-7-5-9-13(18-2)14(11)19-3/h5,7,9H,4,6,8,10H2,1-3H3. The van der Waals surface area contributed by atoms with Crippen LogP contribution >= 0.6 is 0 Å². The molecule has 0 bridgehead atoms. The summed E-state index contributed by atoms with van der Waals surface area (Å²) in [6, 6.07) is 5.06. The summed E-state index contributed by atoms with van der Waals surface area (Å²) in [4.78, 5) is 12.1. The number of carbonyl (C=O) groups excluding carboxylic acids is 1. The molecule has 5 nitrogen and oxygen atoms in total. The third-order valence-electron chi connectivity index (χ3n) is 3.00. The zero-order valence-corrected chi connectivity index (χ0v) is 12.8. The molecule has 0 amide bonds. The molecule has 0 aliphatic heterocycles. The van der Waals surface area contributed by atoms with Gasteiger partial charge in [0.1, 0.15) is 9.84 Å². The molecule has 1 aromatic rings. The molecular formula is C14H20O5S. The number of ketones is 1. The first-order valence-corrected chi connectivity index (χ1v) is 8.22. The highest BCUT2D eigenvalue weighted by atomic mass is 32.2. The Hall–Kier alpha value is -1.56. The highest BCUT2D eigenvalue weighted by Gasteiger charge is 2.17. The van der Waals surface area contributed by atoms with E-state index < -0.39 is 9.84 Å². The van der Waals surface area contributed by atoms with Crippen LogP contribution in [0.15, 0.2) is 18.2 Å². The molecule has 0 saturated heterocycles. The van der Waals surface area contributed by atoms with Gasteiger partial charge in [0.15, 0.2) is 17.3 Å². The predicted molar refractivity (Wildman–Crippen MR) is 77.4 cm³/mol. The Morgan fingerprint density at radius 2 is 1.90 bits per heavy atom. The van der Waals surface area contributed by atoms with Crippen molar-refractivity contribution in [1.29, 1.82) is 0 Å². The van der Waals surface area contributed by atoms with Gasteiger partial charge < -0.3 is 9.47 Å². The van der Waals surface area contributed by atoms with Crippen molar-refractivity contribution in [3.05, 3.63) is 23.8 Å². The van der Waals surface area contributed by atoms with Crippen LogP contribution < -0.4 is 9.47 Å². The van der Waals surface area contributed by atoms with Gasteiger partial charge in [0.05, 0.1) is 25.5 Å². The highest BCUT2D eigenvalue weighted by Crippen LogP contribution is 2.31. The Labute approximate surface area is 119 Å². The van der Waals surface area contributed by atoms with Crippen LogP contribution in [0, 0.1) is 0 Å². The number of carbonyl (C=O) groups is 1. The number of hydrogen-bond donors (Lipinski definition) is 0. The first-order chi connectivity index (χ1) is 9.45. The van der Waals surface area contributed by atoms with Crippen LogP contribution in [-0.4, -0.2) is 39.9 Å². The van der Waals surface area contributed by atoms with Crippen LogP contribution in [0.5, 0.6) is 11.5 Å². The van der Waals surface area contributed by atoms with Gasteiger partial charge in [-0.25, -0.2) is 8.42 Å². The highest BCUT2D eigenvalue weighted by molar-refractivity contribution is 7.91. The maximum absolute atomic E-state index is 12.1. The molecule has 1 rings (SSSR count). The minimum Gasteiger partial charge on any atom is -0.493 e. The Morgan fingerprint density at radius 1 is 1.20 bits per heavy atom. The average molecular weight is 300 g/mol. The monoisotopic (exact) mass is 300 g/mol. The summed E-state index contributed by atoms with van der Waals surface area (Å²) in [5.74, 6) is 0.857. The van der Waals surface area contributed by atoms with Crippen LogP contribution in [0.25, 0.3) is 0 Å². The topological polar surface area (TPSA) is 69.7 Å². The van der Waals surface area contributed by atoms with Crippen molar-refractivity contribution in [3.63, 3.8) is 0 Å². The SMILES string of the molecule is CCS(=O)(=O)CCCC(=O)c1cccc(OC)c1OC. The van der Waals surface area contributed by atoms with Crippen molar-refractivity contribution in [2.75, 3.05) is 25.7 Å². The van der Waals surface area contributed by atoms with E-state index >= 15 is 0 Å². The summed E-state index contributed by atoms with van der Waals surface area (Å²) < 4.78 is 33.1. The second kappa shape index (κ2) is 7.28.